The molecule has 3 fully saturated rings. The second-order valence-corrected chi connectivity index (χ2v) is 4.55. The van der Waals surface area contributed by atoms with E-state index in [-0.39, 0.29) is 6.23 Å². The molecule has 3 aliphatic rings. The third-order valence-corrected chi connectivity index (χ3v) is 4.15. The average molecular weight is 153 g/mol. The Balaban J connectivity index is 1.99. The monoisotopic (exact) mass is 153 g/mol. The number of hydrogen-bond donors (Lipinski definition) is 1. The van der Waals surface area contributed by atoms with Gasteiger partial charge in [0.1, 0.15) is 6.23 Å². The second-order valence-electron chi connectivity index (χ2n) is 4.55. The highest BCUT2D eigenvalue weighted by Gasteiger charge is 2.56. The molecule has 2 heteroatoms. The molecule has 0 aromatic rings. The number of fused-ring (bicyclic) bond motifs is 1. The van der Waals surface area contributed by atoms with Crippen LogP contribution < -0.4 is 0 Å². The van der Waals surface area contributed by atoms with Crippen molar-refractivity contribution >= 4 is 0 Å². The Morgan fingerprint density at radius 3 is 2.45 bits per heavy atom. The van der Waals surface area contributed by atoms with Gasteiger partial charge in [-0.25, -0.2) is 0 Å². The van der Waals surface area contributed by atoms with Gasteiger partial charge in [0, 0.05) is 12.0 Å². The largest absolute Gasteiger partial charge is 0.378 e. The maximum absolute atomic E-state index is 9.79. The first kappa shape index (κ1) is 6.44. The van der Waals surface area contributed by atoms with Gasteiger partial charge in [-0.2, -0.15) is 0 Å². The van der Waals surface area contributed by atoms with Crippen molar-refractivity contribution in [3.63, 3.8) is 0 Å². The van der Waals surface area contributed by atoms with Crippen LogP contribution in [0.25, 0.3) is 0 Å². The van der Waals surface area contributed by atoms with Crippen molar-refractivity contribution < 1.29 is 5.11 Å². The minimum atomic E-state index is -0.113. The molecular formula is C9H15NO. The lowest BCUT2D eigenvalue weighted by Crippen LogP contribution is -2.32. The Morgan fingerprint density at radius 1 is 1.18 bits per heavy atom. The van der Waals surface area contributed by atoms with Gasteiger partial charge in [0.15, 0.2) is 0 Å². The molecular weight excluding hydrogens is 138 g/mol. The highest BCUT2D eigenvalue weighted by molar-refractivity contribution is 5.06. The van der Waals surface area contributed by atoms with Gasteiger partial charge in [0.25, 0.3) is 0 Å². The topological polar surface area (TPSA) is 23.5 Å². The zero-order chi connectivity index (χ0) is 7.59. The highest BCUT2D eigenvalue weighted by Crippen LogP contribution is 2.56. The summed E-state index contributed by atoms with van der Waals surface area (Å²) in [4.78, 5) is 2.20. The highest BCUT2D eigenvalue weighted by atomic mass is 16.3. The Bertz CT molecular complexity index is 176. The number of hydrogen-bond acceptors (Lipinski definition) is 2. The summed E-state index contributed by atoms with van der Waals surface area (Å²) < 4.78 is 0. The Labute approximate surface area is 67.2 Å². The molecule has 11 heavy (non-hydrogen) atoms. The Morgan fingerprint density at radius 2 is 1.91 bits per heavy atom. The second kappa shape index (κ2) is 1.80. The van der Waals surface area contributed by atoms with Crippen molar-refractivity contribution in [3.8, 4) is 0 Å². The first-order valence-corrected chi connectivity index (χ1v) is 4.67. The van der Waals surface area contributed by atoms with E-state index in [1.165, 1.54) is 19.3 Å². The lowest BCUT2D eigenvalue weighted by atomic mass is 9.89. The first-order chi connectivity index (χ1) is 5.27. The van der Waals surface area contributed by atoms with Crippen LogP contribution in [0.1, 0.15) is 19.3 Å². The molecule has 0 amide bonds. The molecule has 0 aromatic carbocycles. The van der Waals surface area contributed by atoms with E-state index in [1.54, 1.807) is 0 Å². The van der Waals surface area contributed by atoms with E-state index in [1.807, 2.05) is 0 Å². The van der Waals surface area contributed by atoms with E-state index in [0.717, 1.165) is 17.9 Å². The summed E-state index contributed by atoms with van der Waals surface area (Å²) in [6, 6.07) is 0.730. The van der Waals surface area contributed by atoms with Gasteiger partial charge in [-0.1, -0.05) is 0 Å². The number of nitrogens with zero attached hydrogens (tertiary/aromatic N) is 1. The lowest BCUT2D eigenvalue weighted by molar-refractivity contribution is 0.0165. The Hall–Kier alpha value is -0.0800. The van der Waals surface area contributed by atoms with Crippen LogP contribution >= 0.6 is 0 Å². The van der Waals surface area contributed by atoms with Crippen molar-refractivity contribution in [2.24, 2.45) is 17.8 Å². The third kappa shape index (κ3) is 0.611. The van der Waals surface area contributed by atoms with Gasteiger partial charge >= 0.3 is 0 Å². The van der Waals surface area contributed by atoms with E-state index >= 15 is 0 Å². The van der Waals surface area contributed by atoms with Crippen molar-refractivity contribution in [1.82, 2.24) is 4.90 Å². The molecule has 0 aromatic heterocycles. The summed E-state index contributed by atoms with van der Waals surface area (Å²) in [5, 5.41) is 9.79. The van der Waals surface area contributed by atoms with Crippen LogP contribution in [0.2, 0.25) is 0 Å². The van der Waals surface area contributed by atoms with Crippen LogP contribution in [-0.2, 0) is 0 Å². The molecule has 3 rings (SSSR count). The fraction of sp³-hybridized carbons (Fsp3) is 1.00. The zero-order valence-corrected chi connectivity index (χ0v) is 6.90. The van der Waals surface area contributed by atoms with E-state index in [9.17, 15) is 5.11 Å². The Kier molecular flexibility index (Phi) is 1.06. The summed E-state index contributed by atoms with van der Waals surface area (Å²) >= 11 is 0. The minimum Gasteiger partial charge on any atom is -0.378 e. The molecule has 1 aliphatic heterocycles. The van der Waals surface area contributed by atoms with Crippen LogP contribution in [0.5, 0.6) is 0 Å². The molecule has 0 spiro atoms. The number of aliphatic hydroxyl groups is 1. The molecule has 0 radical (unpaired) electrons. The fourth-order valence-electron chi connectivity index (χ4n) is 3.68. The predicted octanol–water partition coefficient (Wildman–Crippen LogP) is 0.665. The van der Waals surface area contributed by atoms with Crippen molar-refractivity contribution in [1.29, 1.82) is 0 Å². The van der Waals surface area contributed by atoms with E-state index < -0.39 is 0 Å². The van der Waals surface area contributed by atoms with Crippen LogP contribution in [0, 0.1) is 17.8 Å². The molecule has 62 valence electrons. The third-order valence-electron chi connectivity index (χ3n) is 4.15. The van der Waals surface area contributed by atoms with Gasteiger partial charge in [0.2, 0.25) is 0 Å². The van der Waals surface area contributed by atoms with Crippen molar-refractivity contribution in [2.45, 2.75) is 31.5 Å². The molecule has 2 nitrogen and oxygen atoms in total. The van der Waals surface area contributed by atoms with Gasteiger partial charge in [-0.15, -0.1) is 0 Å². The van der Waals surface area contributed by atoms with Crippen LogP contribution in [0.4, 0.5) is 0 Å². The van der Waals surface area contributed by atoms with Crippen LogP contribution in [0.3, 0.4) is 0 Å². The van der Waals surface area contributed by atoms with Crippen molar-refractivity contribution in [2.75, 3.05) is 7.05 Å². The zero-order valence-electron chi connectivity index (χ0n) is 6.90. The number of rotatable bonds is 0. The molecule has 2 bridgehead atoms. The summed E-state index contributed by atoms with van der Waals surface area (Å²) in [5.74, 6) is 2.43. The first-order valence-electron chi connectivity index (χ1n) is 4.67. The maximum Gasteiger partial charge on any atom is 0.110 e. The normalized spacial score (nSPS) is 61.1. The molecule has 2 saturated carbocycles. The molecule has 2 aliphatic carbocycles. The molecule has 1 N–H and O–H groups in total. The van der Waals surface area contributed by atoms with Crippen LogP contribution in [-0.4, -0.2) is 29.3 Å². The fourth-order valence-corrected chi connectivity index (χ4v) is 3.68. The van der Waals surface area contributed by atoms with Gasteiger partial charge < -0.3 is 5.11 Å². The van der Waals surface area contributed by atoms with Crippen LogP contribution in [0.15, 0.2) is 0 Å². The van der Waals surface area contributed by atoms with Gasteiger partial charge in [0.05, 0.1) is 0 Å². The smallest absolute Gasteiger partial charge is 0.110 e. The number of aliphatic hydroxyl groups excluding tert-OH is 1. The maximum atomic E-state index is 9.79. The minimum absolute atomic E-state index is 0.113. The summed E-state index contributed by atoms with van der Waals surface area (Å²) in [6.45, 7) is 0. The molecule has 5 unspecified atom stereocenters. The SMILES string of the molecule is CN1C(O)C2CC3CC2C1C3. The molecule has 1 saturated heterocycles. The summed E-state index contributed by atoms with van der Waals surface area (Å²) in [7, 11) is 2.08. The van der Waals surface area contributed by atoms with Gasteiger partial charge in [-0.3, -0.25) is 4.90 Å². The van der Waals surface area contributed by atoms with E-state index in [4.69, 9.17) is 0 Å². The molecule has 5 atom stereocenters. The van der Waals surface area contributed by atoms with Gasteiger partial charge in [-0.05, 0) is 38.1 Å². The van der Waals surface area contributed by atoms with E-state index in [0.29, 0.717) is 5.92 Å². The molecule has 1 heterocycles. The summed E-state index contributed by atoms with van der Waals surface area (Å²) in [5.41, 5.74) is 0. The quantitative estimate of drug-likeness (QED) is 0.553. The standard InChI is InChI=1S/C9H15NO/c1-10-8-4-5-2-6(8)7(3-5)9(10)11/h5-9,11H,2-4H2,1H3. The summed E-state index contributed by atoms with van der Waals surface area (Å²) in [6.07, 6.45) is 3.94. The van der Waals surface area contributed by atoms with E-state index in [2.05, 4.69) is 11.9 Å². The average Bonchev–Trinajstić information content (AvgIpc) is 2.60. The van der Waals surface area contributed by atoms with Crippen molar-refractivity contribution in [3.05, 3.63) is 0 Å². The predicted molar refractivity (Wildman–Crippen MR) is 41.9 cm³/mol. The lowest BCUT2D eigenvalue weighted by Gasteiger charge is -2.20. The number of likely N-dealkylation sites (tertiary alicyclic amines) is 1.